The van der Waals surface area contributed by atoms with E-state index in [2.05, 4.69) is 58.7 Å². The first-order chi connectivity index (χ1) is 9.62. The zero-order chi connectivity index (χ0) is 15.1. The summed E-state index contributed by atoms with van der Waals surface area (Å²) < 4.78 is 9.12. The molecular formula is C15H28BrN3O. The summed E-state index contributed by atoms with van der Waals surface area (Å²) in [6, 6.07) is 0.308. The predicted molar refractivity (Wildman–Crippen MR) is 87.2 cm³/mol. The number of aryl methyl sites for hydroxylation is 2. The van der Waals surface area contributed by atoms with E-state index in [1.165, 1.54) is 5.69 Å². The molecule has 0 saturated heterocycles. The summed E-state index contributed by atoms with van der Waals surface area (Å²) in [5.74, 6) is 0. The molecule has 0 aliphatic carbocycles. The van der Waals surface area contributed by atoms with Crippen LogP contribution in [0.25, 0.3) is 0 Å². The first-order valence-electron chi connectivity index (χ1n) is 7.65. The van der Waals surface area contributed by atoms with Crippen molar-refractivity contribution in [2.24, 2.45) is 0 Å². The third-order valence-corrected chi connectivity index (χ3v) is 4.63. The van der Waals surface area contributed by atoms with Crippen LogP contribution in [0.3, 0.4) is 0 Å². The summed E-state index contributed by atoms with van der Waals surface area (Å²) in [5, 5.41) is 8.07. The lowest BCUT2D eigenvalue weighted by atomic mass is 10.0. The summed E-state index contributed by atoms with van der Waals surface area (Å²) in [6.07, 6.45) is 3.13. The maximum atomic E-state index is 5.86. The van der Waals surface area contributed by atoms with Crippen LogP contribution in [0.4, 0.5) is 0 Å². The molecule has 0 saturated carbocycles. The lowest BCUT2D eigenvalue weighted by molar-refractivity contribution is 0.0334. The van der Waals surface area contributed by atoms with Gasteiger partial charge in [0.05, 0.1) is 22.0 Å². The summed E-state index contributed by atoms with van der Waals surface area (Å²) >= 11 is 3.72. The molecule has 116 valence electrons. The van der Waals surface area contributed by atoms with Crippen LogP contribution in [0.5, 0.6) is 0 Å². The van der Waals surface area contributed by atoms with Crippen molar-refractivity contribution in [2.75, 3.05) is 13.7 Å². The van der Waals surface area contributed by atoms with Gasteiger partial charge in [-0.2, -0.15) is 5.10 Å². The number of hydrogen-bond acceptors (Lipinski definition) is 3. The number of likely N-dealkylation sites (N-methyl/N-ethyl adjacent to an activating group) is 1. The van der Waals surface area contributed by atoms with Crippen molar-refractivity contribution in [3.8, 4) is 0 Å². The number of halogens is 1. The summed E-state index contributed by atoms with van der Waals surface area (Å²) in [4.78, 5) is 0. The fourth-order valence-corrected chi connectivity index (χ4v) is 3.30. The van der Waals surface area contributed by atoms with Gasteiger partial charge in [0.15, 0.2) is 0 Å². The largest absolute Gasteiger partial charge is 0.377 e. The van der Waals surface area contributed by atoms with Gasteiger partial charge < -0.3 is 10.1 Å². The molecule has 0 aromatic carbocycles. The van der Waals surface area contributed by atoms with Crippen molar-refractivity contribution in [1.82, 2.24) is 15.1 Å². The number of ether oxygens (including phenoxy) is 1. The Balaban J connectivity index is 2.96. The highest BCUT2D eigenvalue weighted by Gasteiger charge is 2.23. The maximum Gasteiger partial charge on any atom is 0.0766 e. The van der Waals surface area contributed by atoms with Crippen molar-refractivity contribution < 1.29 is 4.74 Å². The van der Waals surface area contributed by atoms with E-state index in [1.54, 1.807) is 0 Å². The van der Waals surface area contributed by atoms with Gasteiger partial charge in [0, 0.05) is 25.6 Å². The molecule has 1 rings (SSSR count). The van der Waals surface area contributed by atoms with Crippen molar-refractivity contribution >= 4 is 15.9 Å². The Labute approximate surface area is 131 Å². The molecule has 20 heavy (non-hydrogen) atoms. The quantitative estimate of drug-likeness (QED) is 0.747. The summed E-state index contributed by atoms with van der Waals surface area (Å²) in [7, 11) is 2.01. The van der Waals surface area contributed by atoms with Gasteiger partial charge in [0.2, 0.25) is 0 Å². The molecule has 0 amide bonds. The molecule has 0 aliphatic heterocycles. The molecule has 1 aromatic heterocycles. The molecule has 0 spiro atoms. The zero-order valence-corrected chi connectivity index (χ0v) is 15.0. The van der Waals surface area contributed by atoms with Gasteiger partial charge in [-0.1, -0.05) is 13.8 Å². The second kappa shape index (κ2) is 8.80. The fourth-order valence-electron chi connectivity index (χ4n) is 2.57. The van der Waals surface area contributed by atoms with E-state index in [4.69, 9.17) is 4.74 Å². The average Bonchev–Trinajstić information content (AvgIpc) is 2.78. The molecule has 0 aliphatic rings. The minimum atomic E-state index is 0.238. The van der Waals surface area contributed by atoms with E-state index in [9.17, 15) is 0 Å². The second-order valence-corrected chi connectivity index (χ2v) is 5.67. The van der Waals surface area contributed by atoms with Crippen molar-refractivity contribution in [2.45, 2.75) is 65.6 Å². The number of rotatable bonds is 9. The van der Waals surface area contributed by atoms with Crippen LogP contribution in [-0.2, 0) is 24.1 Å². The highest BCUT2D eigenvalue weighted by molar-refractivity contribution is 9.10. The molecule has 1 N–H and O–H groups in total. The van der Waals surface area contributed by atoms with E-state index >= 15 is 0 Å². The third-order valence-electron chi connectivity index (χ3n) is 3.71. The van der Waals surface area contributed by atoms with E-state index in [-0.39, 0.29) is 6.10 Å². The molecule has 2 unspecified atom stereocenters. The molecule has 4 nitrogen and oxygen atoms in total. The predicted octanol–water partition coefficient (Wildman–Crippen LogP) is 3.17. The Morgan fingerprint density at radius 2 is 2.00 bits per heavy atom. The minimum absolute atomic E-state index is 0.238. The zero-order valence-electron chi connectivity index (χ0n) is 13.4. The molecule has 1 aromatic rings. The monoisotopic (exact) mass is 345 g/mol. The molecular weight excluding hydrogens is 318 g/mol. The van der Waals surface area contributed by atoms with Crippen LogP contribution in [0.15, 0.2) is 4.47 Å². The van der Waals surface area contributed by atoms with Crippen molar-refractivity contribution in [3.05, 3.63) is 15.9 Å². The molecule has 0 bridgehead atoms. The Morgan fingerprint density at radius 3 is 2.45 bits per heavy atom. The molecule has 0 radical (unpaired) electrons. The van der Waals surface area contributed by atoms with Crippen LogP contribution >= 0.6 is 15.9 Å². The summed E-state index contributed by atoms with van der Waals surface area (Å²) in [6.45, 7) is 10.2. The fraction of sp³-hybridized carbons (Fsp3) is 0.800. The number of aromatic nitrogens is 2. The van der Waals surface area contributed by atoms with E-state index < -0.39 is 0 Å². The lowest BCUT2D eigenvalue weighted by Gasteiger charge is -2.26. The van der Waals surface area contributed by atoms with Crippen LogP contribution in [0, 0.1) is 0 Å². The van der Waals surface area contributed by atoms with Gasteiger partial charge in [0.25, 0.3) is 0 Å². The van der Waals surface area contributed by atoms with Gasteiger partial charge in [0.1, 0.15) is 0 Å². The standard InChI is InChI=1S/C15H28BrN3O/c1-6-11-15(16)13(19(8-3)18-11)10-12(17-5)14(7-2)20-9-4/h12,14,17H,6-10H2,1-5H3. The van der Waals surface area contributed by atoms with Gasteiger partial charge in [-0.05, 0) is 49.7 Å². The van der Waals surface area contributed by atoms with Crippen LogP contribution in [0.1, 0.15) is 45.5 Å². The van der Waals surface area contributed by atoms with Gasteiger partial charge in [-0.25, -0.2) is 0 Å². The Morgan fingerprint density at radius 1 is 1.30 bits per heavy atom. The third kappa shape index (κ3) is 4.06. The lowest BCUT2D eigenvalue weighted by Crippen LogP contribution is -2.41. The number of nitrogens with one attached hydrogen (secondary N) is 1. The maximum absolute atomic E-state index is 5.86. The summed E-state index contributed by atoms with van der Waals surface area (Å²) in [5.41, 5.74) is 2.41. The highest BCUT2D eigenvalue weighted by Crippen LogP contribution is 2.24. The van der Waals surface area contributed by atoms with E-state index in [0.717, 1.165) is 42.6 Å². The first kappa shape index (κ1) is 17.7. The van der Waals surface area contributed by atoms with Gasteiger partial charge in [-0.15, -0.1) is 0 Å². The Kier molecular flexibility index (Phi) is 7.77. The smallest absolute Gasteiger partial charge is 0.0766 e. The second-order valence-electron chi connectivity index (χ2n) is 4.88. The van der Waals surface area contributed by atoms with E-state index in [1.807, 2.05) is 7.05 Å². The normalized spacial score (nSPS) is 14.5. The van der Waals surface area contributed by atoms with E-state index in [0.29, 0.717) is 6.04 Å². The minimum Gasteiger partial charge on any atom is -0.377 e. The molecule has 0 fully saturated rings. The first-order valence-corrected chi connectivity index (χ1v) is 8.44. The van der Waals surface area contributed by atoms with Gasteiger partial charge >= 0.3 is 0 Å². The Hall–Kier alpha value is -0.390. The molecule has 2 atom stereocenters. The van der Waals surface area contributed by atoms with Crippen molar-refractivity contribution in [1.29, 1.82) is 0 Å². The average molecular weight is 346 g/mol. The highest BCUT2D eigenvalue weighted by atomic mass is 79.9. The van der Waals surface area contributed by atoms with Crippen molar-refractivity contribution in [3.63, 3.8) is 0 Å². The SMILES string of the molecule is CCOC(CC)C(Cc1c(Br)c(CC)nn1CC)NC. The van der Waals surface area contributed by atoms with Crippen LogP contribution in [-0.4, -0.2) is 35.6 Å². The molecule has 5 heteroatoms. The van der Waals surface area contributed by atoms with Gasteiger partial charge in [-0.3, -0.25) is 4.68 Å². The van der Waals surface area contributed by atoms with Crippen LogP contribution < -0.4 is 5.32 Å². The number of hydrogen-bond donors (Lipinski definition) is 1. The Bertz CT molecular complexity index is 406. The van der Waals surface area contributed by atoms with Crippen LogP contribution in [0.2, 0.25) is 0 Å². The topological polar surface area (TPSA) is 39.1 Å². The molecule has 1 heterocycles. The number of nitrogens with zero attached hydrogens (tertiary/aromatic N) is 2.